The van der Waals surface area contributed by atoms with Crippen molar-refractivity contribution in [3.8, 4) is 22.9 Å². The molecule has 0 amide bonds. The molecule has 0 fully saturated rings. The summed E-state index contributed by atoms with van der Waals surface area (Å²) in [4.78, 5) is 45.7. The molecule has 0 saturated heterocycles. The van der Waals surface area contributed by atoms with E-state index in [1.165, 1.54) is 23.1 Å². The molecule has 1 atom stereocenters. The molecule has 9 nitrogen and oxygen atoms in total. The molecular weight excluding hydrogens is 482 g/mol. The Kier molecular flexibility index (Phi) is 6.27. The van der Waals surface area contributed by atoms with Crippen LogP contribution in [-0.2, 0) is 12.8 Å². The number of non-ortho nitro benzene ring substituents is 1. The minimum atomic E-state index is -0.751. The number of H-pyrrole nitrogens is 1. The second-order valence-corrected chi connectivity index (χ2v) is 9.82. The molecule has 0 saturated carbocycles. The van der Waals surface area contributed by atoms with E-state index in [1.54, 1.807) is 36.5 Å². The maximum Gasteiger partial charge on any atom is 0.343 e. The number of aryl methyl sites for hydroxylation is 1. The second-order valence-electron chi connectivity index (χ2n) is 8.74. The van der Waals surface area contributed by atoms with Gasteiger partial charge in [-0.1, -0.05) is 13.0 Å². The Hall–Kier alpha value is -4.05. The van der Waals surface area contributed by atoms with Crippen LogP contribution in [0, 0.1) is 16.0 Å². The molecule has 4 aromatic rings. The molecule has 5 rings (SSSR count). The Balaban J connectivity index is 1.48. The van der Waals surface area contributed by atoms with E-state index in [-0.39, 0.29) is 28.3 Å². The summed E-state index contributed by atoms with van der Waals surface area (Å²) in [5.41, 5.74) is 1.39. The molecule has 0 aliphatic heterocycles. The molecule has 0 bridgehead atoms. The smallest absolute Gasteiger partial charge is 0.343 e. The van der Waals surface area contributed by atoms with E-state index in [4.69, 9.17) is 14.5 Å². The number of carbonyl (C=O) groups is 1. The van der Waals surface area contributed by atoms with Crippen molar-refractivity contribution >= 4 is 33.2 Å². The van der Waals surface area contributed by atoms with Gasteiger partial charge in [0.25, 0.3) is 11.2 Å². The quantitative estimate of drug-likeness (QED) is 0.163. The lowest BCUT2D eigenvalue weighted by atomic mass is 9.89. The van der Waals surface area contributed by atoms with Crippen LogP contribution in [0.15, 0.2) is 47.3 Å². The number of hydrogen-bond acceptors (Lipinski definition) is 8. The molecule has 10 heteroatoms. The number of rotatable bonds is 6. The first kappa shape index (κ1) is 23.7. The van der Waals surface area contributed by atoms with Crippen molar-refractivity contribution in [2.75, 3.05) is 6.61 Å². The Bertz CT molecular complexity index is 1560. The zero-order chi connectivity index (χ0) is 25.4. The molecule has 1 N–H and O–H groups in total. The third kappa shape index (κ3) is 4.47. The number of esters is 1. The van der Waals surface area contributed by atoms with Gasteiger partial charge in [-0.3, -0.25) is 14.9 Å². The average molecular weight is 506 g/mol. The van der Waals surface area contributed by atoms with Gasteiger partial charge in [0.05, 0.1) is 22.5 Å². The lowest BCUT2D eigenvalue weighted by molar-refractivity contribution is -0.384. The Morgan fingerprint density at radius 2 is 2.08 bits per heavy atom. The largest absolute Gasteiger partial charge is 0.490 e. The Morgan fingerprint density at radius 3 is 2.86 bits per heavy atom. The first-order valence-corrected chi connectivity index (χ1v) is 12.4. The summed E-state index contributed by atoms with van der Waals surface area (Å²) in [6, 6.07) is 10.2. The number of nitro benzene ring substituents is 1. The average Bonchev–Trinajstić information content (AvgIpc) is 3.23. The van der Waals surface area contributed by atoms with Crippen LogP contribution in [-0.4, -0.2) is 27.5 Å². The second kappa shape index (κ2) is 9.54. The van der Waals surface area contributed by atoms with E-state index in [0.29, 0.717) is 34.1 Å². The van der Waals surface area contributed by atoms with Crippen molar-refractivity contribution in [1.82, 2.24) is 9.97 Å². The van der Waals surface area contributed by atoms with Crippen LogP contribution >= 0.6 is 11.3 Å². The van der Waals surface area contributed by atoms with E-state index in [0.717, 1.165) is 30.9 Å². The number of carbonyl (C=O) groups excluding carboxylic acids is 1. The van der Waals surface area contributed by atoms with Gasteiger partial charge < -0.3 is 14.5 Å². The van der Waals surface area contributed by atoms with Crippen LogP contribution in [0.1, 0.15) is 41.1 Å². The molecule has 1 aliphatic carbocycles. The maximum absolute atomic E-state index is 13.0. The zero-order valence-corrected chi connectivity index (χ0v) is 20.5. The van der Waals surface area contributed by atoms with Crippen molar-refractivity contribution < 1.29 is 19.2 Å². The highest BCUT2D eigenvalue weighted by Crippen LogP contribution is 2.37. The number of aromatic nitrogens is 2. The molecule has 184 valence electrons. The molecule has 0 spiro atoms. The number of nitro groups is 1. The number of thiophene rings is 1. The number of fused-ring (bicyclic) bond motifs is 3. The summed E-state index contributed by atoms with van der Waals surface area (Å²) in [5, 5.41) is 11.7. The Morgan fingerprint density at radius 1 is 1.25 bits per heavy atom. The SMILES string of the molecule is CCOc1cc(-c2nc3sc4c(c3c(=O)[nH]2)CCC(C)C4)ccc1OC(=O)c1cccc([N+](=O)[O-])c1. The molecule has 2 aromatic carbocycles. The molecule has 1 unspecified atom stereocenters. The number of ether oxygens (including phenoxy) is 2. The molecule has 2 heterocycles. The van der Waals surface area contributed by atoms with E-state index in [9.17, 15) is 19.7 Å². The minimum Gasteiger partial charge on any atom is -0.490 e. The standard InChI is InChI=1S/C26H23N3O6S/c1-3-34-20-13-15(8-10-19(20)35-26(31)16-5-4-6-17(12-16)29(32)33)23-27-24(30)22-18-9-7-14(2)11-21(18)36-25(22)28-23/h4-6,8,10,12-14H,3,7,9,11H2,1-2H3,(H,27,28,30). The van der Waals surface area contributed by atoms with Gasteiger partial charge in [-0.15, -0.1) is 11.3 Å². The van der Waals surface area contributed by atoms with E-state index in [1.807, 2.05) is 0 Å². The van der Waals surface area contributed by atoms with Gasteiger partial charge in [-0.25, -0.2) is 9.78 Å². The highest BCUT2D eigenvalue weighted by Gasteiger charge is 2.24. The number of nitrogens with zero attached hydrogens (tertiary/aromatic N) is 2. The summed E-state index contributed by atoms with van der Waals surface area (Å²) in [6.07, 6.45) is 2.91. The third-order valence-electron chi connectivity index (χ3n) is 6.18. The van der Waals surface area contributed by atoms with Crippen molar-refractivity contribution in [2.45, 2.75) is 33.1 Å². The summed E-state index contributed by atoms with van der Waals surface area (Å²) in [5.74, 6) is 0.683. The fraction of sp³-hybridized carbons (Fsp3) is 0.269. The van der Waals surface area contributed by atoms with Crippen molar-refractivity contribution in [3.05, 3.63) is 78.9 Å². The molecule has 36 heavy (non-hydrogen) atoms. The van der Waals surface area contributed by atoms with E-state index in [2.05, 4.69) is 11.9 Å². The van der Waals surface area contributed by atoms with Crippen molar-refractivity contribution in [1.29, 1.82) is 0 Å². The van der Waals surface area contributed by atoms with E-state index < -0.39 is 10.9 Å². The molecule has 0 radical (unpaired) electrons. The number of nitrogens with one attached hydrogen (secondary N) is 1. The highest BCUT2D eigenvalue weighted by molar-refractivity contribution is 7.18. The summed E-state index contributed by atoms with van der Waals surface area (Å²) < 4.78 is 11.2. The highest BCUT2D eigenvalue weighted by atomic mass is 32.1. The normalized spacial score (nSPS) is 14.9. The summed E-state index contributed by atoms with van der Waals surface area (Å²) in [7, 11) is 0. The van der Waals surface area contributed by atoms with Gasteiger partial charge in [-0.2, -0.15) is 0 Å². The molecule has 2 aromatic heterocycles. The van der Waals surface area contributed by atoms with Crippen LogP contribution in [0.5, 0.6) is 11.5 Å². The van der Waals surface area contributed by atoms with Crippen LogP contribution < -0.4 is 15.0 Å². The van der Waals surface area contributed by atoms with Gasteiger partial charge in [0.2, 0.25) is 0 Å². The zero-order valence-electron chi connectivity index (χ0n) is 19.7. The monoisotopic (exact) mass is 505 g/mol. The minimum absolute atomic E-state index is 0.0446. The summed E-state index contributed by atoms with van der Waals surface area (Å²) >= 11 is 1.57. The number of aromatic amines is 1. The van der Waals surface area contributed by atoms with Crippen molar-refractivity contribution in [3.63, 3.8) is 0 Å². The fourth-order valence-electron chi connectivity index (χ4n) is 4.40. The molecule has 1 aliphatic rings. The fourth-order valence-corrected chi connectivity index (χ4v) is 5.78. The van der Waals surface area contributed by atoms with Crippen LogP contribution in [0.2, 0.25) is 0 Å². The maximum atomic E-state index is 13.0. The van der Waals surface area contributed by atoms with Crippen LogP contribution in [0.25, 0.3) is 21.6 Å². The molecular formula is C26H23N3O6S. The predicted molar refractivity (Wildman–Crippen MR) is 136 cm³/mol. The number of benzene rings is 2. The van der Waals surface area contributed by atoms with Gasteiger partial charge in [0.15, 0.2) is 11.5 Å². The number of hydrogen-bond donors (Lipinski definition) is 1. The third-order valence-corrected chi connectivity index (χ3v) is 7.33. The van der Waals surface area contributed by atoms with Crippen LogP contribution in [0.4, 0.5) is 5.69 Å². The summed E-state index contributed by atoms with van der Waals surface area (Å²) in [6.45, 7) is 4.32. The van der Waals surface area contributed by atoms with E-state index >= 15 is 0 Å². The first-order chi connectivity index (χ1) is 17.3. The van der Waals surface area contributed by atoms with Gasteiger partial charge in [-0.05, 0) is 61.9 Å². The lowest BCUT2D eigenvalue weighted by Crippen LogP contribution is -2.13. The lowest BCUT2D eigenvalue weighted by Gasteiger charge is -2.17. The van der Waals surface area contributed by atoms with Gasteiger partial charge in [0.1, 0.15) is 10.7 Å². The Labute approximate surface area is 209 Å². The first-order valence-electron chi connectivity index (χ1n) is 11.6. The topological polar surface area (TPSA) is 124 Å². The van der Waals surface area contributed by atoms with Gasteiger partial charge in [0, 0.05) is 22.6 Å². The predicted octanol–water partition coefficient (Wildman–Crippen LogP) is 5.30. The van der Waals surface area contributed by atoms with Crippen molar-refractivity contribution in [2.24, 2.45) is 5.92 Å². The van der Waals surface area contributed by atoms with Gasteiger partial charge >= 0.3 is 5.97 Å². The van der Waals surface area contributed by atoms with Crippen LogP contribution in [0.3, 0.4) is 0 Å².